The number of aryl methyl sites for hydroxylation is 1. The second-order valence-corrected chi connectivity index (χ2v) is 11.1. The number of anilines is 1. The molecular weight excluding hydrogens is 595 g/mol. The Balaban J connectivity index is 1.26. The summed E-state index contributed by atoms with van der Waals surface area (Å²) in [6.07, 6.45) is -0.862. The third-order valence-corrected chi connectivity index (χ3v) is 7.88. The molecule has 6 rings (SSSR count). The predicted octanol–water partition coefficient (Wildman–Crippen LogP) is 7.20. The predicted molar refractivity (Wildman–Crippen MR) is 151 cm³/mol. The molecule has 9 nitrogen and oxygen atoms in total. The van der Waals surface area contributed by atoms with E-state index in [0.29, 0.717) is 42.9 Å². The van der Waals surface area contributed by atoms with Crippen molar-refractivity contribution in [3.05, 3.63) is 65.6 Å². The number of carbonyl (C=O) groups is 1. The minimum Gasteiger partial charge on any atom is -0.495 e. The number of carbonyl (C=O) groups excluding carboxylic acids is 1. The minimum atomic E-state index is -3.18. The van der Waals surface area contributed by atoms with Gasteiger partial charge in [-0.1, -0.05) is 11.6 Å². The number of aromatic nitrogens is 4. The monoisotopic (exact) mass is 615 g/mol. The van der Waals surface area contributed by atoms with Gasteiger partial charge in [-0.3, -0.25) is 10.3 Å². The van der Waals surface area contributed by atoms with Gasteiger partial charge >= 0.3 is 6.09 Å². The maximum atomic E-state index is 15.2. The van der Waals surface area contributed by atoms with Crippen LogP contribution in [-0.2, 0) is 4.74 Å². The molecule has 0 radical (unpaired) electrons. The molecule has 1 N–H and O–H groups in total. The lowest BCUT2D eigenvalue weighted by Gasteiger charge is -2.21. The van der Waals surface area contributed by atoms with Gasteiger partial charge in [-0.2, -0.15) is 0 Å². The summed E-state index contributed by atoms with van der Waals surface area (Å²) in [5, 5.41) is 4.11. The maximum absolute atomic E-state index is 15.2. The lowest BCUT2D eigenvalue weighted by molar-refractivity contribution is -0.00574. The summed E-state index contributed by atoms with van der Waals surface area (Å²) in [6.45, 7) is 1.67. The smallest absolute Gasteiger partial charge is 0.412 e. The summed E-state index contributed by atoms with van der Waals surface area (Å²) in [4.78, 5) is 29.3. The molecule has 0 aliphatic heterocycles. The number of hydrogen-bond donors (Lipinski definition) is 1. The Labute approximate surface area is 245 Å². The Morgan fingerprint density at radius 2 is 1.83 bits per heavy atom. The van der Waals surface area contributed by atoms with Crippen LogP contribution in [0.4, 0.5) is 23.7 Å². The van der Waals surface area contributed by atoms with Crippen LogP contribution in [0.3, 0.4) is 0 Å². The molecule has 0 spiro atoms. The van der Waals surface area contributed by atoms with Gasteiger partial charge in [-0.25, -0.2) is 32.9 Å². The van der Waals surface area contributed by atoms with E-state index in [1.54, 1.807) is 31.3 Å². The van der Waals surface area contributed by atoms with Gasteiger partial charge in [0.15, 0.2) is 11.6 Å². The van der Waals surface area contributed by atoms with E-state index >= 15 is 4.39 Å². The van der Waals surface area contributed by atoms with E-state index < -0.39 is 42.9 Å². The van der Waals surface area contributed by atoms with E-state index in [2.05, 4.69) is 25.3 Å². The average Bonchev–Trinajstić information content (AvgIpc) is 3.47. The van der Waals surface area contributed by atoms with Crippen LogP contribution < -0.4 is 14.8 Å². The number of amides is 1. The number of methoxy groups -OCH3 is 1. The summed E-state index contributed by atoms with van der Waals surface area (Å²) >= 11 is 7.59. The topological polar surface area (TPSA) is 108 Å². The van der Waals surface area contributed by atoms with E-state index in [1.165, 1.54) is 43.0 Å². The van der Waals surface area contributed by atoms with Crippen LogP contribution in [0.1, 0.15) is 18.7 Å². The number of alkyl halides is 2. The quantitative estimate of drug-likeness (QED) is 0.214. The molecule has 42 heavy (non-hydrogen) atoms. The molecule has 2 unspecified atom stereocenters. The van der Waals surface area contributed by atoms with Crippen LogP contribution in [0.2, 0.25) is 5.02 Å². The van der Waals surface area contributed by atoms with Crippen molar-refractivity contribution in [2.75, 3.05) is 12.4 Å². The highest BCUT2D eigenvalue weighted by atomic mass is 35.5. The molecule has 216 valence electrons. The fourth-order valence-corrected chi connectivity index (χ4v) is 5.90. The number of ether oxygens (including phenoxy) is 3. The number of fused-ring (bicyclic) bond motifs is 2. The Hall–Kier alpha value is -4.23. The molecule has 1 aliphatic carbocycles. The Bertz CT molecular complexity index is 1820. The molecule has 3 heterocycles. The zero-order chi connectivity index (χ0) is 29.6. The molecule has 1 aliphatic rings. The van der Waals surface area contributed by atoms with Crippen LogP contribution in [0.5, 0.6) is 11.5 Å². The number of nitrogens with zero attached hydrogens (tertiary/aromatic N) is 4. The van der Waals surface area contributed by atoms with E-state index in [4.69, 9.17) is 25.8 Å². The first-order chi connectivity index (χ1) is 20.1. The summed E-state index contributed by atoms with van der Waals surface area (Å²) in [5.74, 6) is -3.19. The number of rotatable bonds is 6. The second kappa shape index (κ2) is 10.9. The van der Waals surface area contributed by atoms with Gasteiger partial charge in [0.1, 0.15) is 28.8 Å². The third-order valence-electron chi connectivity index (χ3n) is 6.61. The van der Waals surface area contributed by atoms with Crippen molar-refractivity contribution >= 4 is 55.8 Å². The van der Waals surface area contributed by atoms with Gasteiger partial charge < -0.3 is 14.2 Å². The van der Waals surface area contributed by atoms with Gasteiger partial charge in [-0.15, -0.1) is 11.3 Å². The van der Waals surface area contributed by atoms with Gasteiger partial charge in [0.2, 0.25) is 0 Å². The van der Waals surface area contributed by atoms with E-state index in [9.17, 15) is 13.6 Å². The minimum absolute atomic E-state index is 0.229. The highest BCUT2D eigenvalue weighted by Gasteiger charge is 2.50. The Morgan fingerprint density at radius 1 is 1.07 bits per heavy atom. The number of halogens is 4. The van der Waals surface area contributed by atoms with Crippen LogP contribution in [0, 0.1) is 12.7 Å². The van der Waals surface area contributed by atoms with Crippen molar-refractivity contribution in [3.63, 3.8) is 0 Å². The molecule has 5 aromatic rings. The fraction of sp³-hybridized carbons (Fsp3) is 0.250. The lowest BCUT2D eigenvalue weighted by atomic mass is 10.1. The van der Waals surface area contributed by atoms with Gasteiger partial charge in [0.25, 0.3) is 5.92 Å². The van der Waals surface area contributed by atoms with Crippen molar-refractivity contribution in [1.29, 1.82) is 0 Å². The van der Waals surface area contributed by atoms with Gasteiger partial charge in [0.05, 0.1) is 60.0 Å². The van der Waals surface area contributed by atoms with E-state index in [-0.39, 0.29) is 11.4 Å². The van der Waals surface area contributed by atoms with Crippen molar-refractivity contribution in [3.8, 4) is 22.1 Å². The molecule has 1 fully saturated rings. The maximum Gasteiger partial charge on any atom is 0.412 e. The fourth-order valence-electron chi connectivity index (χ4n) is 4.68. The molecule has 2 atom stereocenters. The highest BCUT2D eigenvalue weighted by Crippen LogP contribution is 2.42. The average molecular weight is 616 g/mol. The van der Waals surface area contributed by atoms with Gasteiger partial charge in [-0.05, 0) is 25.1 Å². The highest BCUT2D eigenvalue weighted by molar-refractivity contribution is 7.21. The van der Waals surface area contributed by atoms with Crippen molar-refractivity contribution in [2.45, 2.75) is 37.9 Å². The van der Waals surface area contributed by atoms with E-state index in [0.717, 1.165) is 5.39 Å². The number of hydrogen-bond acceptors (Lipinski definition) is 9. The summed E-state index contributed by atoms with van der Waals surface area (Å²) in [7, 11) is 1.53. The molecule has 2 aromatic carbocycles. The molecule has 1 saturated carbocycles. The molecule has 0 saturated heterocycles. The Kier molecular flexibility index (Phi) is 7.23. The largest absolute Gasteiger partial charge is 0.495 e. The zero-order valence-electron chi connectivity index (χ0n) is 22.0. The molecule has 14 heteroatoms. The van der Waals surface area contributed by atoms with Crippen LogP contribution in [0.25, 0.3) is 31.7 Å². The van der Waals surface area contributed by atoms with E-state index in [1.807, 2.05) is 0 Å². The standard InChI is InChI=1S/C28H21ClF3N5O4S/c1-13-33-10-16(11-34-13)36-27(38)41-23-9-28(31,32)8-22(23)40-21-7-24-20(6-19(21)30)37-26(42-24)18-5-15(29)3-14-4-17(39-2)12-35-25(14)18/h3-7,10-12,22-23H,8-9H2,1-2H3,(H,36,38). The lowest BCUT2D eigenvalue weighted by Crippen LogP contribution is -2.32. The van der Waals surface area contributed by atoms with Crippen LogP contribution in [0.15, 0.2) is 48.9 Å². The molecule has 1 amide bonds. The summed E-state index contributed by atoms with van der Waals surface area (Å²) in [5.41, 5.74) is 1.83. The summed E-state index contributed by atoms with van der Waals surface area (Å²) in [6, 6.07) is 7.82. The third kappa shape index (κ3) is 5.74. The number of pyridine rings is 1. The first-order valence-corrected chi connectivity index (χ1v) is 13.8. The number of thiazole rings is 1. The number of nitrogens with one attached hydrogen (secondary N) is 1. The van der Waals surface area contributed by atoms with Crippen LogP contribution >= 0.6 is 22.9 Å². The van der Waals surface area contributed by atoms with Crippen molar-refractivity contribution in [2.24, 2.45) is 0 Å². The zero-order valence-corrected chi connectivity index (χ0v) is 23.6. The summed E-state index contributed by atoms with van der Waals surface area (Å²) < 4.78 is 60.7. The molecule has 3 aromatic heterocycles. The van der Waals surface area contributed by atoms with Crippen molar-refractivity contribution in [1.82, 2.24) is 19.9 Å². The SMILES string of the molecule is COc1cnc2c(-c3nc4cc(F)c(OC5CC(F)(F)CC5OC(=O)Nc5cnc(C)nc5)cc4s3)cc(Cl)cc2c1. The first-order valence-electron chi connectivity index (χ1n) is 12.6. The van der Waals surface area contributed by atoms with Crippen molar-refractivity contribution < 1.29 is 32.2 Å². The van der Waals surface area contributed by atoms with Gasteiger partial charge in [0, 0.05) is 28.1 Å². The molecular formula is C28H21ClF3N5O4S. The molecule has 0 bridgehead atoms. The van der Waals surface area contributed by atoms with Crippen LogP contribution in [-0.4, -0.2) is 51.3 Å². The first kappa shape index (κ1) is 27.9. The second-order valence-electron chi connectivity index (χ2n) is 9.68. The number of benzene rings is 2. The Morgan fingerprint density at radius 3 is 2.60 bits per heavy atom. The normalized spacial score (nSPS) is 17.9.